The Labute approximate surface area is 129 Å². The predicted octanol–water partition coefficient (Wildman–Crippen LogP) is 1.59. The second-order valence-corrected chi connectivity index (χ2v) is 4.90. The van der Waals surface area contributed by atoms with Crippen LogP contribution in [0.1, 0.15) is 11.1 Å². The molecule has 0 bridgehead atoms. The first-order valence-electron chi connectivity index (χ1n) is 6.95. The number of nitriles is 1. The molecular formula is C16H18N4O2. The number of methoxy groups -OCH3 is 1. The number of aryl methyl sites for hydroxylation is 1. The van der Waals surface area contributed by atoms with Crippen LogP contribution in [0.4, 0.5) is 5.82 Å². The molecule has 1 heterocycles. The molecule has 22 heavy (non-hydrogen) atoms. The first-order valence-corrected chi connectivity index (χ1v) is 6.95. The Balaban J connectivity index is 2.06. The van der Waals surface area contributed by atoms with Gasteiger partial charge in [-0.05, 0) is 25.1 Å². The van der Waals surface area contributed by atoms with Crippen LogP contribution < -0.4 is 10.6 Å². The molecule has 0 aliphatic rings. The average molecular weight is 298 g/mol. The minimum atomic E-state index is -0.174. The fourth-order valence-corrected chi connectivity index (χ4v) is 2.08. The van der Waals surface area contributed by atoms with Gasteiger partial charge in [0.25, 0.3) is 0 Å². The first-order chi connectivity index (χ1) is 10.6. The summed E-state index contributed by atoms with van der Waals surface area (Å²) in [6.45, 7) is 2.95. The third-order valence-electron chi connectivity index (χ3n) is 3.11. The number of nitrogens with zero attached hydrogens (tertiary/aromatic N) is 2. The van der Waals surface area contributed by atoms with Crippen LogP contribution in [0, 0.1) is 18.3 Å². The molecule has 0 spiro atoms. The van der Waals surface area contributed by atoms with Crippen LogP contribution in [0.3, 0.4) is 0 Å². The van der Waals surface area contributed by atoms with E-state index in [9.17, 15) is 10.1 Å². The predicted molar refractivity (Wildman–Crippen MR) is 84.6 cm³/mol. The standard InChI is InChI=1S/C16H18N4O2/c1-11-3-4-14-12(7-11)8-13(9-17)16(20-14)19-6-5-18-15(21)10-22-2/h3-4,7-8H,5-6,10H2,1-2H3,(H,18,21)(H,19,20). The number of carbonyl (C=O) groups is 1. The Morgan fingerprint density at radius 3 is 2.91 bits per heavy atom. The quantitative estimate of drug-likeness (QED) is 0.791. The molecule has 2 aromatic rings. The third-order valence-corrected chi connectivity index (χ3v) is 3.11. The summed E-state index contributed by atoms with van der Waals surface area (Å²) in [5, 5.41) is 16.0. The number of nitrogens with one attached hydrogen (secondary N) is 2. The van der Waals surface area contributed by atoms with Crippen LogP contribution in [-0.2, 0) is 9.53 Å². The van der Waals surface area contributed by atoms with Gasteiger partial charge in [-0.25, -0.2) is 4.98 Å². The second kappa shape index (κ2) is 7.38. The van der Waals surface area contributed by atoms with Crippen molar-refractivity contribution in [3.8, 4) is 6.07 Å². The normalized spacial score (nSPS) is 10.2. The number of hydrogen-bond donors (Lipinski definition) is 2. The van der Waals surface area contributed by atoms with Gasteiger partial charge in [0, 0.05) is 25.6 Å². The van der Waals surface area contributed by atoms with Crippen LogP contribution in [0.25, 0.3) is 10.9 Å². The minimum Gasteiger partial charge on any atom is -0.375 e. The van der Waals surface area contributed by atoms with E-state index >= 15 is 0 Å². The molecule has 2 rings (SSSR count). The van der Waals surface area contributed by atoms with E-state index in [0.29, 0.717) is 24.5 Å². The lowest BCUT2D eigenvalue weighted by Crippen LogP contribution is -2.31. The van der Waals surface area contributed by atoms with E-state index in [1.807, 2.05) is 31.2 Å². The summed E-state index contributed by atoms with van der Waals surface area (Å²) >= 11 is 0. The van der Waals surface area contributed by atoms with E-state index in [1.165, 1.54) is 7.11 Å². The summed E-state index contributed by atoms with van der Waals surface area (Å²) in [6.07, 6.45) is 0. The Morgan fingerprint density at radius 2 is 2.18 bits per heavy atom. The number of rotatable bonds is 6. The van der Waals surface area contributed by atoms with Crippen molar-refractivity contribution in [2.45, 2.75) is 6.92 Å². The lowest BCUT2D eigenvalue weighted by atomic mass is 10.1. The highest BCUT2D eigenvalue weighted by Crippen LogP contribution is 2.20. The van der Waals surface area contributed by atoms with Crippen LogP contribution in [0.5, 0.6) is 0 Å². The molecule has 0 unspecified atom stereocenters. The van der Waals surface area contributed by atoms with Crippen molar-refractivity contribution in [1.29, 1.82) is 5.26 Å². The van der Waals surface area contributed by atoms with Crippen molar-refractivity contribution in [3.05, 3.63) is 35.4 Å². The number of carbonyl (C=O) groups excluding carboxylic acids is 1. The maximum atomic E-state index is 11.3. The molecule has 1 aromatic carbocycles. The number of amides is 1. The van der Waals surface area contributed by atoms with Crippen molar-refractivity contribution in [1.82, 2.24) is 10.3 Å². The van der Waals surface area contributed by atoms with Crippen LogP contribution >= 0.6 is 0 Å². The highest BCUT2D eigenvalue weighted by Gasteiger charge is 2.07. The number of fused-ring (bicyclic) bond motifs is 1. The van der Waals surface area contributed by atoms with Gasteiger partial charge in [0.2, 0.25) is 5.91 Å². The van der Waals surface area contributed by atoms with Gasteiger partial charge < -0.3 is 15.4 Å². The fraction of sp³-hybridized carbons (Fsp3) is 0.312. The molecule has 0 aliphatic carbocycles. The van der Waals surface area contributed by atoms with Crippen molar-refractivity contribution >= 4 is 22.6 Å². The molecule has 1 amide bonds. The van der Waals surface area contributed by atoms with E-state index in [0.717, 1.165) is 16.5 Å². The third kappa shape index (κ3) is 3.93. The monoisotopic (exact) mass is 298 g/mol. The minimum absolute atomic E-state index is 0.0387. The topological polar surface area (TPSA) is 87.0 Å². The van der Waals surface area contributed by atoms with Crippen LogP contribution in [-0.4, -0.2) is 37.7 Å². The zero-order valence-corrected chi connectivity index (χ0v) is 12.6. The molecule has 0 fully saturated rings. The number of hydrogen-bond acceptors (Lipinski definition) is 5. The maximum absolute atomic E-state index is 11.3. The van der Waals surface area contributed by atoms with E-state index in [2.05, 4.69) is 21.7 Å². The van der Waals surface area contributed by atoms with Gasteiger partial charge in [0.15, 0.2) is 0 Å². The van der Waals surface area contributed by atoms with Gasteiger partial charge in [0.05, 0.1) is 11.1 Å². The maximum Gasteiger partial charge on any atom is 0.246 e. The summed E-state index contributed by atoms with van der Waals surface area (Å²) in [4.78, 5) is 15.7. The molecule has 114 valence electrons. The summed E-state index contributed by atoms with van der Waals surface area (Å²) in [5.41, 5.74) is 2.44. The number of ether oxygens (including phenoxy) is 1. The number of anilines is 1. The molecule has 0 saturated heterocycles. The highest BCUT2D eigenvalue weighted by atomic mass is 16.5. The lowest BCUT2D eigenvalue weighted by molar-refractivity contribution is -0.124. The molecule has 2 N–H and O–H groups in total. The Morgan fingerprint density at radius 1 is 1.36 bits per heavy atom. The Bertz CT molecular complexity index is 722. The molecule has 6 nitrogen and oxygen atoms in total. The molecule has 0 atom stereocenters. The van der Waals surface area contributed by atoms with Gasteiger partial charge in [-0.3, -0.25) is 4.79 Å². The first kappa shape index (κ1) is 15.7. The molecule has 0 saturated carbocycles. The van der Waals surface area contributed by atoms with Crippen LogP contribution in [0.2, 0.25) is 0 Å². The number of pyridine rings is 1. The van der Waals surface area contributed by atoms with Gasteiger partial charge in [-0.2, -0.15) is 5.26 Å². The summed E-state index contributed by atoms with van der Waals surface area (Å²) in [7, 11) is 1.47. The second-order valence-electron chi connectivity index (χ2n) is 4.90. The van der Waals surface area contributed by atoms with E-state index in [4.69, 9.17) is 4.74 Å². The zero-order valence-electron chi connectivity index (χ0n) is 12.6. The Hall–Kier alpha value is -2.65. The van der Waals surface area contributed by atoms with Crippen LogP contribution in [0.15, 0.2) is 24.3 Å². The summed E-state index contributed by atoms with van der Waals surface area (Å²) in [6, 6.07) is 9.87. The summed E-state index contributed by atoms with van der Waals surface area (Å²) < 4.78 is 4.73. The SMILES string of the molecule is COCC(=O)NCCNc1nc2ccc(C)cc2cc1C#N. The molecule has 0 radical (unpaired) electrons. The van der Waals surface area contributed by atoms with Crippen molar-refractivity contribution in [3.63, 3.8) is 0 Å². The van der Waals surface area contributed by atoms with E-state index in [-0.39, 0.29) is 12.5 Å². The molecule has 6 heteroatoms. The van der Waals surface area contributed by atoms with Gasteiger partial charge >= 0.3 is 0 Å². The zero-order chi connectivity index (χ0) is 15.9. The summed E-state index contributed by atoms with van der Waals surface area (Å²) in [5.74, 6) is 0.353. The lowest BCUT2D eigenvalue weighted by Gasteiger charge is -2.10. The molecular weight excluding hydrogens is 280 g/mol. The van der Waals surface area contributed by atoms with Crippen molar-refractivity contribution in [2.75, 3.05) is 32.1 Å². The van der Waals surface area contributed by atoms with E-state index in [1.54, 1.807) is 0 Å². The smallest absolute Gasteiger partial charge is 0.246 e. The largest absolute Gasteiger partial charge is 0.375 e. The molecule has 0 aliphatic heterocycles. The van der Waals surface area contributed by atoms with Crippen molar-refractivity contribution in [2.24, 2.45) is 0 Å². The van der Waals surface area contributed by atoms with Crippen molar-refractivity contribution < 1.29 is 9.53 Å². The Kier molecular flexibility index (Phi) is 5.28. The highest BCUT2D eigenvalue weighted by molar-refractivity contribution is 5.83. The average Bonchev–Trinajstić information content (AvgIpc) is 2.51. The van der Waals surface area contributed by atoms with Gasteiger partial charge in [0.1, 0.15) is 18.5 Å². The number of benzene rings is 1. The molecule has 1 aromatic heterocycles. The number of aromatic nitrogens is 1. The van der Waals surface area contributed by atoms with Gasteiger partial charge in [-0.1, -0.05) is 11.6 Å². The van der Waals surface area contributed by atoms with E-state index < -0.39 is 0 Å². The fourth-order valence-electron chi connectivity index (χ4n) is 2.08. The van der Waals surface area contributed by atoms with Gasteiger partial charge in [-0.15, -0.1) is 0 Å².